The number of carbonyl (C=O) groups excluding carboxylic acids is 1. The highest BCUT2D eigenvalue weighted by Crippen LogP contribution is 2.24. The van der Waals surface area contributed by atoms with Crippen LogP contribution in [-0.4, -0.2) is 70.2 Å². The van der Waals surface area contributed by atoms with Crippen molar-refractivity contribution in [3.63, 3.8) is 0 Å². The molecule has 1 aliphatic rings. The highest BCUT2D eigenvalue weighted by molar-refractivity contribution is 5.85. The van der Waals surface area contributed by atoms with Gasteiger partial charge in [-0.15, -0.1) is 0 Å². The number of nitrogens with one attached hydrogen (secondary N) is 2. The number of piperidine rings is 1. The van der Waals surface area contributed by atoms with Gasteiger partial charge in [0.15, 0.2) is 5.96 Å². The summed E-state index contributed by atoms with van der Waals surface area (Å²) in [7, 11) is 5.17. The van der Waals surface area contributed by atoms with Crippen LogP contribution < -0.4 is 20.3 Å². The van der Waals surface area contributed by atoms with Gasteiger partial charge < -0.3 is 25.2 Å². The number of amides is 1. The standard InChI is InChI=1S/C19H31N5O2/c1-5-20-19(21-13-18(25)23(2)3)22-15-8-7-11-24(14-15)16-9-6-10-17(12-16)26-4/h6,9-10,12,15H,5,7-8,11,13-14H2,1-4H3,(H2,20,21,22). The first-order valence-corrected chi connectivity index (χ1v) is 9.17. The van der Waals surface area contributed by atoms with E-state index in [0.717, 1.165) is 38.2 Å². The number of benzene rings is 1. The van der Waals surface area contributed by atoms with Crippen molar-refractivity contribution in [1.29, 1.82) is 0 Å². The molecular weight excluding hydrogens is 330 g/mol. The molecule has 2 rings (SSSR count). The van der Waals surface area contributed by atoms with Crippen LogP contribution in [-0.2, 0) is 4.79 Å². The second-order valence-corrected chi connectivity index (χ2v) is 6.61. The molecule has 0 radical (unpaired) electrons. The van der Waals surface area contributed by atoms with E-state index < -0.39 is 0 Å². The van der Waals surface area contributed by atoms with Gasteiger partial charge in [-0.05, 0) is 31.9 Å². The Bertz CT molecular complexity index is 618. The average Bonchev–Trinajstić information content (AvgIpc) is 2.66. The van der Waals surface area contributed by atoms with E-state index in [2.05, 4.69) is 32.7 Å². The van der Waals surface area contributed by atoms with E-state index in [1.807, 2.05) is 19.1 Å². The van der Waals surface area contributed by atoms with E-state index in [1.165, 1.54) is 5.69 Å². The minimum Gasteiger partial charge on any atom is -0.497 e. The molecule has 0 aromatic heterocycles. The highest BCUT2D eigenvalue weighted by Gasteiger charge is 2.21. The molecule has 1 aromatic rings. The van der Waals surface area contributed by atoms with E-state index in [-0.39, 0.29) is 18.5 Å². The minimum atomic E-state index is -0.0103. The zero-order valence-electron chi connectivity index (χ0n) is 16.3. The van der Waals surface area contributed by atoms with Crippen molar-refractivity contribution in [2.75, 3.05) is 52.3 Å². The molecule has 26 heavy (non-hydrogen) atoms. The fraction of sp³-hybridized carbons (Fsp3) is 0.579. The Kier molecular flexibility index (Phi) is 7.56. The first-order chi connectivity index (χ1) is 12.5. The lowest BCUT2D eigenvalue weighted by Crippen LogP contribution is -2.51. The molecule has 0 saturated carbocycles. The second kappa shape index (κ2) is 9.89. The van der Waals surface area contributed by atoms with Crippen molar-refractivity contribution in [2.24, 2.45) is 4.99 Å². The Morgan fingerprint density at radius 1 is 1.42 bits per heavy atom. The first kappa shape index (κ1) is 19.9. The van der Waals surface area contributed by atoms with E-state index >= 15 is 0 Å². The topological polar surface area (TPSA) is 69.2 Å². The van der Waals surface area contributed by atoms with Gasteiger partial charge in [-0.3, -0.25) is 4.79 Å². The molecule has 0 bridgehead atoms. The summed E-state index contributed by atoms with van der Waals surface area (Å²) in [6, 6.07) is 8.43. The number of rotatable bonds is 6. The number of aliphatic imine (C=N–C) groups is 1. The largest absolute Gasteiger partial charge is 0.497 e. The summed E-state index contributed by atoms with van der Waals surface area (Å²) >= 11 is 0. The van der Waals surface area contributed by atoms with Gasteiger partial charge in [-0.2, -0.15) is 0 Å². The molecule has 2 N–H and O–H groups in total. The smallest absolute Gasteiger partial charge is 0.243 e. The van der Waals surface area contributed by atoms with Crippen LogP contribution in [0.25, 0.3) is 0 Å². The summed E-state index contributed by atoms with van der Waals surface area (Å²) < 4.78 is 5.34. The molecule has 1 aromatic carbocycles. The lowest BCUT2D eigenvalue weighted by Gasteiger charge is -2.35. The van der Waals surface area contributed by atoms with Gasteiger partial charge in [0.2, 0.25) is 5.91 Å². The molecule has 1 atom stereocenters. The summed E-state index contributed by atoms with van der Waals surface area (Å²) in [5.74, 6) is 1.55. The molecule has 1 fully saturated rings. The molecule has 1 amide bonds. The zero-order valence-corrected chi connectivity index (χ0v) is 16.3. The van der Waals surface area contributed by atoms with Gasteiger partial charge in [-0.25, -0.2) is 4.99 Å². The Hall–Kier alpha value is -2.44. The predicted molar refractivity (Wildman–Crippen MR) is 106 cm³/mol. The summed E-state index contributed by atoms with van der Waals surface area (Å²) in [4.78, 5) is 20.1. The van der Waals surface area contributed by atoms with Crippen molar-refractivity contribution in [1.82, 2.24) is 15.5 Å². The van der Waals surface area contributed by atoms with Crippen LogP contribution in [0.2, 0.25) is 0 Å². The molecule has 1 unspecified atom stereocenters. The lowest BCUT2D eigenvalue weighted by atomic mass is 10.0. The van der Waals surface area contributed by atoms with Gasteiger partial charge in [0.05, 0.1) is 7.11 Å². The van der Waals surface area contributed by atoms with E-state index in [4.69, 9.17) is 4.74 Å². The van der Waals surface area contributed by atoms with Gasteiger partial charge in [0, 0.05) is 51.5 Å². The maximum atomic E-state index is 11.8. The molecular formula is C19H31N5O2. The van der Waals surface area contributed by atoms with Gasteiger partial charge in [0.25, 0.3) is 0 Å². The number of carbonyl (C=O) groups is 1. The minimum absolute atomic E-state index is 0.0103. The summed E-state index contributed by atoms with van der Waals surface area (Å²) in [5, 5.41) is 6.70. The van der Waals surface area contributed by atoms with Crippen LogP contribution >= 0.6 is 0 Å². The Morgan fingerprint density at radius 2 is 2.23 bits per heavy atom. The number of anilines is 1. The molecule has 144 valence electrons. The Labute approximate surface area is 156 Å². The van der Waals surface area contributed by atoms with Crippen molar-refractivity contribution >= 4 is 17.6 Å². The van der Waals surface area contributed by atoms with Gasteiger partial charge >= 0.3 is 0 Å². The second-order valence-electron chi connectivity index (χ2n) is 6.61. The summed E-state index contributed by atoms with van der Waals surface area (Å²) in [6.45, 7) is 4.84. The maximum absolute atomic E-state index is 11.8. The fourth-order valence-electron chi connectivity index (χ4n) is 2.94. The number of methoxy groups -OCH3 is 1. The molecule has 1 heterocycles. The van der Waals surface area contributed by atoms with Crippen molar-refractivity contribution < 1.29 is 9.53 Å². The quantitative estimate of drug-likeness (QED) is 0.591. The van der Waals surface area contributed by atoms with Gasteiger partial charge in [0.1, 0.15) is 12.3 Å². The van der Waals surface area contributed by atoms with Crippen LogP contribution in [0.4, 0.5) is 5.69 Å². The molecule has 7 nitrogen and oxygen atoms in total. The number of nitrogens with zero attached hydrogens (tertiary/aromatic N) is 3. The summed E-state index contributed by atoms with van der Waals surface area (Å²) in [6.07, 6.45) is 2.18. The van der Waals surface area contributed by atoms with E-state index in [1.54, 1.807) is 26.1 Å². The highest BCUT2D eigenvalue weighted by atomic mass is 16.5. The molecule has 7 heteroatoms. The van der Waals surface area contributed by atoms with Crippen molar-refractivity contribution in [2.45, 2.75) is 25.8 Å². The third-order valence-corrected chi connectivity index (χ3v) is 4.40. The zero-order chi connectivity index (χ0) is 18.9. The molecule has 0 aliphatic carbocycles. The van der Waals surface area contributed by atoms with E-state index in [0.29, 0.717) is 5.96 Å². The molecule has 1 saturated heterocycles. The maximum Gasteiger partial charge on any atom is 0.243 e. The monoisotopic (exact) mass is 361 g/mol. The number of guanidine groups is 1. The average molecular weight is 361 g/mol. The number of hydrogen-bond donors (Lipinski definition) is 2. The fourth-order valence-corrected chi connectivity index (χ4v) is 2.94. The van der Waals surface area contributed by atoms with Crippen molar-refractivity contribution in [3.8, 4) is 5.75 Å². The van der Waals surface area contributed by atoms with Crippen LogP contribution in [0, 0.1) is 0 Å². The van der Waals surface area contributed by atoms with E-state index in [9.17, 15) is 4.79 Å². The first-order valence-electron chi connectivity index (χ1n) is 9.17. The molecule has 1 aliphatic heterocycles. The summed E-state index contributed by atoms with van der Waals surface area (Å²) in [5.41, 5.74) is 1.17. The number of likely N-dealkylation sites (N-methyl/N-ethyl adjacent to an activating group) is 1. The Balaban J connectivity index is 2.00. The predicted octanol–water partition coefficient (Wildman–Crippen LogP) is 1.31. The van der Waals surface area contributed by atoms with Crippen LogP contribution in [0.15, 0.2) is 29.3 Å². The number of hydrogen-bond acceptors (Lipinski definition) is 4. The molecule has 0 spiro atoms. The third-order valence-electron chi connectivity index (χ3n) is 4.40. The normalized spacial score (nSPS) is 17.6. The Morgan fingerprint density at radius 3 is 2.92 bits per heavy atom. The van der Waals surface area contributed by atoms with Crippen LogP contribution in [0.1, 0.15) is 19.8 Å². The van der Waals surface area contributed by atoms with Crippen LogP contribution in [0.3, 0.4) is 0 Å². The third kappa shape index (κ3) is 5.82. The van der Waals surface area contributed by atoms with Gasteiger partial charge in [-0.1, -0.05) is 6.07 Å². The van der Waals surface area contributed by atoms with Crippen LogP contribution in [0.5, 0.6) is 5.75 Å². The van der Waals surface area contributed by atoms with Crippen molar-refractivity contribution in [3.05, 3.63) is 24.3 Å². The lowest BCUT2D eigenvalue weighted by molar-refractivity contribution is -0.127. The SMILES string of the molecule is CCNC(=NCC(=O)N(C)C)NC1CCCN(c2cccc(OC)c2)C1. The number of ether oxygens (including phenoxy) is 1.